The number of aromatic nitrogens is 3. The normalized spacial score (nSPS) is 17.9. The van der Waals surface area contributed by atoms with E-state index in [4.69, 9.17) is 0 Å². The lowest BCUT2D eigenvalue weighted by atomic mass is 9.87. The maximum atomic E-state index is 14.0. The van der Waals surface area contributed by atoms with Crippen LogP contribution >= 0.6 is 0 Å². The van der Waals surface area contributed by atoms with Gasteiger partial charge in [-0.3, -0.25) is 9.48 Å². The Kier molecular flexibility index (Phi) is 5.46. The second kappa shape index (κ2) is 8.34. The molecule has 0 unspecified atom stereocenters. The van der Waals surface area contributed by atoms with Crippen LogP contribution in [0.3, 0.4) is 0 Å². The van der Waals surface area contributed by atoms with Crippen molar-refractivity contribution in [2.45, 2.75) is 45.2 Å². The van der Waals surface area contributed by atoms with Crippen LogP contribution in [0.5, 0.6) is 0 Å². The Hall–Kier alpha value is -3.55. The molecule has 0 saturated heterocycles. The van der Waals surface area contributed by atoms with Crippen molar-refractivity contribution in [1.29, 1.82) is 0 Å². The molecule has 0 aliphatic carbocycles. The third-order valence-corrected chi connectivity index (χ3v) is 6.79. The Balaban J connectivity index is 1.60. The zero-order chi connectivity index (χ0) is 24.1. The molecule has 1 amide bonds. The molecule has 34 heavy (non-hydrogen) atoms. The summed E-state index contributed by atoms with van der Waals surface area (Å²) < 4.78 is 45.2. The molecule has 0 fully saturated rings. The predicted octanol–water partition coefficient (Wildman–Crippen LogP) is 5.69. The first-order valence-corrected chi connectivity index (χ1v) is 11.4. The van der Waals surface area contributed by atoms with E-state index in [2.05, 4.69) is 5.10 Å². The van der Waals surface area contributed by atoms with Crippen molar-refractivity contribution >= 4 is 11.4 Å². The summed E-state index contributed by atoms with van der Waals surface area (Å²) in [5.74, 6) is -4.04. The maximum Gasteiger partial charge on any atom is 0.254 e. The Morgan fingerprint density at radius 3 is 2.47 bits per heavy atom. The lowest BCUT2D eigenvalue weighted by Crippen LogP contribution is -2.47. The third-order valence-electron chi connectivity index (χ3n) is 6.79. The molecule has 1 aliphatic heterocycles. The van der Waals surface area contributed by atoms with E-state index < -0.39 is 17.5 Å². The first-order chi connectivity index (χ1) is 16.3. The van der Waals surface area contributed by atoms with Crippen LogP contribution in [-0.4, -0.2) is 31.0 Å². The van der Waals surface area contributed by atoms with E-state index in [1.54, 1.807) is 11.7 Å². The number of hydrogen-bond donors (Lipinski definition) is 0. The van der Waals surface area contributed by atoms with Gasteiger partial charge in [0.05, 0.1) is 17.4 Å². The number of pyridine rings is 1. The molecule has 0 radical (unpaired) electrons. The number of carbonyl (C=O) groups excluding carboxylic acids is 1. The Morgan fingerprint density at radius 2 is 1.79 bits per heavy atom. The van der Waals surface area contributed by atoms with Crippen molar-refractivity contribution in [2.24, 2.45) is 7.05 Å². The van der Waals surface area contributed by atoms with E-state index in [-0.39, 0.29) is 23.6 Å². The second-order valence-corrected chi connectivity index (χ2v) is 8.75. The van der Waals surface area contributed by atoms with Crippen molar-refractivity contribution in [1.82, 2.24) is 19.1 Å². The number of amides is 1. The SMILES string of the molecule is CC[C@H]1Cc2c(nn(C)c2-c2cc(F)c(F)c(F)c2)[C@@H](CC)N1C(=O)c1ccn2cccc2c1. The van der Waals surface area contributed by atoms with Gasteiger partial charge in [-0.15, -0.1) is 0 Å². The molecule has 4 aromatic rings. The molecule has 4 heterocycles. The number of benzene rings is 1. The summed E-state index contributed by atoms with van der Waals surface area (Å²) in [6.45, 7) is 4.01. The van der Waals surface area contributed by atoms with E-state index in [1.807, 2.05) is 59.8 Å². The largest absolute Gasteiger partial charge is 0.327 e. The molecule has 0 saturated carbocycles. The molecule has 0 N–H and O–H groups in total. The van der Waals surface area contributed by atoms with Crippen molar-refractivity contribution in [2.75, 3.05) is 0 Å². The number of rotatable bonds is 4. The fourth-order valence-corrected chi connectivity index (χ4v) is 5.18. The monoisotopic (exact) mass is 466 g/mol. The fourth-order valence-electron chi connectivity index (χ4n) is 5.18. The standard InChI is InChI=1S/C26H25F3N4O/c1-4-17-14-19-24(30-31(3)25(19)16-12-20(27)23(29)21(28)13-16)22(5-2)33(17)26(34)15-8-10-32-9-6-7-18(32)11-15/h6-13,17,22H,4-5,14H2,1-3H3/t17-,22+/m0/s1. The molecule has 8 heteroatoms. The van der Waals surface area contributed by atoms with Crippen LogP contribution in [0.25, 0.3) is 16.8 Å². The van der Waals surface area contributed by atoms with Crippen molar-refractivity contribution in [3.63, 3.8) is 0 Å². The molecule has 2 atom stereocenters. The highest BCUT2D eigenvalue weighted by Gasteiger charge is 2.40. The highest BCUT2D eigenvalue weighted by atomic mass is 19.2. The summed E-state index contributed by atoms with van der Waals surface area (Å²) in [6, 6.07) is 9.17. The van der Waals surface area contributed by atoms with E-state index in [0.29, 0.717) is 36.2 Å². The molecule has 3 aromatic heterocycles. The molecule has 5 nitrogen and oxygen atoms in total. The average Bonchev–Trinajstić information content (AvgIpc) is 3.43. The molecular formula is C26H25F3N4O. The third kappa shape index (κ3) is 3.40. The Bertz CT molecular complexity index is 1380. The average molecular weight is 467 g/mol. The molecule has 0 spiro atoms. The van der Waals surface area contributed by atoms with Gasteiger partial charge in [-0.2, -0.15) is 5.10 Å². The van der Waals surface area contributed by atoms with E-state index >= 15 is 0 Å². The van der Waals surface area contributed by atoms with Crippen molar-refractivity contribution < 1.29 is 18.0 Å². The minimum Gasteiger partial charge on any atom is -0.327 e. The summed E-state index contributed by atoms with van der Waals surface area (Å²) in [7, 11) is 1.70. The van der Waals surface area contributed by atoms with Gasteiger partial charge >= 0.3 is 0 Å². The molecule has 1 aromatic carbocycles. The molecule has 176 valence electrons. The van der Waals surface area contributed by atoms with Crippen LogP contribution in [-0.2, 0) is 13.5 Å². The van der Waals surface area contributed by atoms with E-state index in [9.17, 15) is 18.0 Å². The van der Waals surface area contributed by atoms with E-state index in [0.717, 1.165) is 23.2 Å². The number of hydrogen-bond acceptors (Lipinski definition) is 2. The number of carbonyl (C=O) groups is 1. The summed E-state index contributed by atoms with van der Waals surface area (Å²) in [4.78, 5) is 15.6. The first kappa shape index (κ1) is 22.3. The van der Waals surface area contributed by atoms with Gasteiger partial charge in [-0.25, -0.2) is 13.2 Å². The van der Waals surface area contributed by atoms with Crippen molar-refractivity contribution in [3.8, 4) is 11.3 Å². The molecule has 0 bridgehead atoms. The number of fused-ring (bicyclic) bond motifs is 2. The summed E-state index contributed by atoms with van der Waals surface area (Å²) in [5, 5.41) is 4.68. The lowest BCUT2D eigenvalue weighted by molar-refractivity contribution is 0.0513. The van der Waals surface area contributed by atoms with Gasteiger partial charge in [-0.1, -0.05) is 13.8 Å². The number of nitrogens with zero attached hydrogens (tertiary/aromatic N) is 4. The van der Waals surface area contributed by atoms with Gasteiger partial charge in [-0.05, 0) is 55.7 Å². The fraction of sp³-hybridized carbons (Fsp3) is 0.308. The zero-order valence-corrected chi connectivity index (χ0v) is 19.2. The summed E-state index contributed by atoms with van der Waals surface area (Å²) in [5.41, 5.74) is 3.88. The predicted molar refractivity (Wildman–Crippen MR) is 123 cm³/mol. The van der Waals surface area contributed by atoms with Crippen LogP contribution < -0.4 is 0 Å². The van der Waals surface area contributed by atoms with Crippen LogP contribution in [0.4, 0.5) is 13.2 Å². The van der Waals surface area contributed by atoms with Crippen LogP contribution in [0.1, 0.15) is 54.3 Å². The van der Waals surface area contributed by atoms with Crippen molar-refractivity contribution in [3.05, 3.63) is 83.1 Å². The van der Waals surface area contributed by atoms with Crippen LogP contribution in [0, 0.1) is 17.5 Å². The van der Waals surface area contributed by atoms with E-state index in [1.165, 1.54) is 0 Å². The summed E-state index contributed by atoms with van der Waals surface area (Å²) in [6.07, 6.45) is 5.62. The zero-order valence-electron chi connectivity index (χ0n) is 19.2. The smallest absolute Gasteiger partial charge is 0.254 e. The van der Waals surface area contributed by atoms with Gasteiger partial charge in [0.1, 0.15) is 0 Å². The molecular weight excluding hydrogens is 441 g/mol. The minimum absolute atomic E-state index is 0.0703. The lowest BCUT2D eigenvalue weighted by Gasteiger charge is -2.41. The van der Waals surface area contributed by atoms with Gasteiger partial charge < -0.3 is 9.30 Å². The van der Waals surface area contributed by atoms with Crippen LogP contribution in [0.15, 0.2) is 48.8 Å². The summed E-state index contributed by atoms with van der Waals surface area (Å²) >= 11 is 0. The van der Waals surface area contributed by atoms with Gasteiger partial charge in [0, 0.05) is 47.7 Å². The van der Waals surface area contributed by atoms with Gasteiger partial charge in [0.15, 0.2) is 17.5 Å². The Morgan fingerprint density at radius 1 is 1.06 bits per heavy atom. The quantitative estimate of drug-likeness (QED) is 0.363. The second-order valence-electron chi connectivity index (χ2n) is 8.75. The van der Waals surface area contributed by atoms with Gasteiger partial charge in [0.25, 0.3) is 5.91 Å². The van der Waals surface area contributed by atoms with Crippen LogP contribution in [0.2, 0.25) is 0 Å². The number of halogens is 3. The highest BCUT2D eigenvalue weighted by Crippen LogP contribution is 2.41. The topological polar surface area (TPSA) is 42.5 Å². The highest BCUT2D eigenvalue weighted by molar-refractivity contribution is 5.96. The Labute approximate surface area is 195 Å². The van der Waals surface area contributed by atoms with Gasteiger partial charge in [0.2, 0.25) is 0 Å². The first-order valence-electron chi connectivity index (χ1n) is 11.4. The number of aryl methyl sites for hydroxylation is 1. The maximum absolute atomic E-state index is 14.0. The minimum atomic E-state index is -1.49. The molecule has 1 aliphatic rings. The molecule has 5 rings (SSSR count).